The molecule has 2 aromatic heterocycles. The summed E-state index contributed by atoms with van der Waals surface area (Å²) in [5.41, 5.74) is 2.02. The second-order valence-electron chi connectivity index (χ2n) is 5.01. The van der Waals surface area contributed by atoms with Crippen molar-refractivity contribution in [2.45, 2.75) is 5.75 Å². The average molecular weight is 378 g/mol. The highest BCUT2D eigenvalue weighted by Gasteiger charge is 2.08. The number of carbonyl (C=O) groups excluding carboxylic acids is 1. The molecule has 3 rings (SSSR count). The first-order valence-electron chi connectivity index (χ1n) is 7.42. The maximum Gasteiger partial charge on any atom is 0.244 e. The smallest absolute Gasteiger partial charge is 0.244 e. The number of nitrogens with one attached hydrogen (secondary N) is 1. The lowest BCUT2D eigenvalue weighted by Crippen LogP contribution is -2.23. The molecule has 4 nitrogen and oxygen atoms in total. The zero-order valence-corrected chi connectivity index (χ0v) is 15.2. The van der Waals surface area contributed by atoms with Crippen LogP contribution in [0.5, 0.6) is 0 Å². The molecule has 24 heavy (non-hydrogen) atoms. The number of thiazole rings is 1. The van der Waals surface area contributed by atoms with Gasteiger partial charge < -0.3 is 5.32 Å². The van der Waals surface area contributed by atoms with Crippen molar-refractivity contribution >= 4 is 51.6 Å². The number of benzene rings is 1. The molecular formula is C17H16ClN3OS2. The Hall–Kier alpha value is -1.76. The predicted molar refractivity (Wildman–Crippen MR) is 103 cm³/mol. The van der Waals surface area contributed by atoms with Gasteiger partial charge in [-0.25, -0.2) is 4.98 Å². The zero-order valence-electron chi connectivity index (χ0n) is 12.8. The molecule has 7 heteroatoms. The maximum absolute atomic E-state index is 11.9. The third-order valence-electron chi connectivity index (χ3n) is 3.30. The van der Waals surface area contributed by atoms with Crippen molar-refractivity contribution in [3.63, 3.8) is 0 Å². The Balaban J connectivity index is 1.42. The van der Waals surface area contributed by atoms with Gasteiger partial charge in [-0.2, -0.15) is 11.8 Å². The second kappa shape index (κ2) is 8.37. The summed E-state index contributed by atoms with van der Waals surface area (Å²) < 4.78 is 1.87. The van der Waals surface area contributed by atoms with E-state index in [0.717, 1.165) is 22.2 Å². The lowest BCUT2D eigenvalue weighted by molar-refractivity contribution is -0.116. The molecule has 0 aliphatic rings. The van der Waals surface area contributed by atoms with Crippen molar-refractivity contribution in [3.8, 4) is 0 Å². The SMILES string of the molecule is O=C(/C=C/c1c(Cl)nc2sccn12)NCCSCc1ccccc1. The Bertz CT molecular complexity index is 842. The van der Waals surface area contributed by atoms with Crippen LogP contribution in [0.25, 0.3) is 11.0 Å². The number of amides is 1. The van der Waals surface area contributed by atoms with E-state index in [1.165, 1.54) is 23.0 Å². The number of imidazole rings is 1. The number of halogens is 1. The molecule has 0 fully saturated rings. The molecule has 124 valence electrons. The van der Waals surface area contributed by atoms with Crippen LogP contribution in [0.15, 0.2) is 48.0 Å². The van der Waals surface area contributed by atoms with Crippen LogP contribution >= 0.6 is 34.7 Å². The molecule has 0 radical (unpaired) electrons. The summed E-state index contributed by atoms with van der Waals surface area (Å²) in [6.45, 7) is 0.634. The summed E-state index contributed by atoms with van der Waals surface area (Å²) in [7, 11) is 0. The molecule has 0 unspecified atom stereocenters. The van der Waals surface area contributed by atoms with Gasteiger partial charge in [0.05, 0.1) is 5.69 Å². The summed E-state index contributed by atoms with van der Waals surface area (Å²) in [6.07, 6.45) is 5.08. The third-order valence-corrected chi connectivity index (χ3v) is 5.37. The summed E-state index contributed by atoms with van der Waals surface area (Å²) in [5.74, 6) is 1.70. The van der Waals surface area contributed by atoms with E-state index in [1.54, 1.807) is 17.8 Å². The largest absolute Gasteiger partial charge is 0.352 e. The fraction of sp³-hybridized carbons (Fsp3) is 0.176. The maximum atomic E-state index is 11.9. The van der Waals surface area contributed by atoms with Crippen molar-refractivity contribution in [1.29, 1.82) is 0 Å². The lowest BCUT2D eigenvalue weighted by atomic mass is 10.2. The van der Waals surface area contributed by atoms with Crippen molar-refractivity contribution in [2.24, 2.45) is 0 Å². The van der Waals surface area contributed by atoms with Gasteiger partial charge in [0.15, 0.2) is 10.1 Å². The first-order chi connectivity index (χ1) is 11.7. The van der Waals surface area contributed by atoms with Gasteiger partial charge in [-0.3, -0.25) is 9.20 Å². The van der Waals surface area contributed by atoms with E-state index in [4.69, 9.17) is 11.6 Å². The first-order valence-corrected chi connectivity index (χ1v) is 9.84. The van der Waals surface area contributed by atoms with E-state index in [9.17, 15) is 4.79 Å². The van der Waals surface area contributed by atoms with Crippen LogP contribution in [0.3, 0.4) is 0 Å². The Morgan fingerprint density at radius 2 is 2.21 bits per heavy atom. The van der Waals surface area contributed by atoms with Crippen LogP contribution in [0.2, 0.25) is 5.15 Å². The number of rotatable bonds is 7. The molecule has 1 amide bonds. The van der Waals surface area contributed by atoms with Crippen LogP contribution in [-0.2, 0) is 10.5 Å². The van der Waals surface area contributed by atoms with E-state index in [2.05, 4.69) is 22.4 Å². The zero-order chi connectivity index (χ0) is 16.8. The second-order valence-corrected chi connectivity index (χ2v) is 7.34. The Labute approximate surface area is 153 Å². The van der Waals surface area contributed by atoms with Gasteiger partial charge in [-0.05, 0) is 11.6 Å². The fourth-order valence-corrected chi connectivity index (χ4v) is 3.97. The van der Waals surface area contributed by atoms with E-state index in [1.807, 2.05) is 34.2 Å². The average Bonchev–Trinajstić information content (AvgIpc) is 3.14. The van der Waals surface area contributed by atoms with E-state index < -0.39 is 0 Å². The highest BCUT2D eigenvalue weighted by Crippen LogP contribution is 2.22. The highest BCUT2D eigenvalue weighted by molar-refractivity contribution is 7.98. The summed E-state index contributed by atoms with van der Waals surface area (Å²) in [5, 5.41) is 5.21. The molecular weight excluding hydrogens is 362 g/mol. The molecule has 0 bridgehead atoms. The Kier molecular flexibility index (Phi) is 5.96. The first kappa shape index (κ1) is 17.1. The van der Waals surface area contributed by atoms with E-state index in [0.29, 0.717) is 11.7 Å². The van der Waals surface area contributed by atoms with Gasteiger partial charge in [0.1, 0.15) is 0 Å². The molecule has 0 saturated heterocycles. The molecule has 0 aliphatic heterocycles. The van der Waals surface area contributed by atoms with Crippen molar-refractivity contribution < 1.29 is 4.79 Å². The normalized spacial score (nSPS) is 11.4. The third kappa shape index (κ3) is 4.41. The predicted octanol–water partition coefficient (Wildman–Crippen LogP) is 4.11. The van der Waals surface area contributed by atoms with Gasteiger partial charge >= 0.3 is 0 Å². The summed E-state index contributed by atoms with van der Waals surface area (Å²) >= 11 is 9.39. The number of thioether (sulfide) groups is 1. The van der Waals surface area contributed by atoms with Crippen LogP contribution in [0.4, 0.5) is 0 Å². The molecule has 0 spiro atoms. The van der Waals surface area contributed by atoms with Crippen molar-refractivity contribution in [1.82, 2.24) is 14.7 Å². The minimum Gasteiger partial charge on any atom is -0.352 e. The Morgan fingerprint density at radius 3 is 3.04 bits per heavy atom. The van der Waals surface area contributed by atoms with Crippen LogP contribution in [-0.4, -0.2) is 27.6 Å². The van der Waals surface area contributed by atoms with Gasteiger partial charge in [0.2, 0.25) is 5.91 Å². The highest BCUT2D eigenvalue weighted by atomic mass is 35.5. The van der Waals surface area contributed by atoms with Crippen LogP contribution in [0.1, 0.15) is 11.3 Å². The fourth-order valence-electron chi connectivity index (χ4n) is 2.15. The van der Waals surface area contributed by atoms with Gasteiger partial charge in [0.25, 0.3) is 0 Å². The number of nitrogens with zero attached hydrogens (tertiary/aromatic N) is 2. The summed E-state index contributed by atoms with van der Waals surface area (Å²) in [4.78, 5) is 16.9. The van der Waals surface area contributed by atoms with Crippen molar-refractivity contribution in [3.05, 3.63) is 64.4 Å². The number of hydrogen-bond donors (Lipinski definition) is 1. The minimum absolute atomic E-state index is 0.128. The monoisotopic (exact) mass is 377 g/mol. The molecule has 1 aromatic carbocycles. The molecule has 0 atom stereocenters. The van der Waals surface area contributed by atoms with Crippen LogP contribution in [0, 0.1) is 0 Å². The van der Waals surface area contributed by atoms with Gasteiger partial charge in [-0.15, -0.1) is 11.3 Å². The topological polar surface area (TPSA) is 46.4 Å². The Morgan fingerprint density at radius 1 is 1.38 bits per heavy atom. The molecule has 3 aromatic rings. The number of carbonyl (C=O) groups is 1. The molecule has 0 saturated carbocycles. The van der Waals surface area contributed by atoms with E-state index in [-0.39, 0.29) is 5.91 Å². The lowest BCUT2D eigenvalue weighted by Gasteiger charge is -2.03. The molecule has 2 heterocycles. The minimum atomic E-state index is -0.128. The molecule has 0 aliphatic carbocycles. The van der Waals surface area contributed by atoms with E-state index >= 15 is 0 Å². The van der Waals surface area contributed by atoms with Crippen LogP contribution < -0.4 is 5.32 Å². The van der Waals surface area contributed by atoms with Gasteiger partial charge in [-0.1, -0.05) is 41.9 Å². The number of aromatic nitrogens is 2. The molecule has 1 N–H and O–H groups in total. The number of fused-ring (bicyclic) bond motifs is 1. The summed E-state index contributed by atoms with van der Waals surface area (Å²) in [6, 6.07) is 10.3. The number of hydrogen-bond acceptors (Lipinski definition) is 4. The standard InChI is InChI=1S/C17H16ClN3OS2/c18-16-14(21-9-11-24-17(21)20-16)6-7-15(22)19-8-10-23-12-13-4-2-1-3-5-13/h1-7,9,11H,8,10,12H2,(H,19,22)/b7-6+. The van der Waals surface area contributed by atoms with Crippen molar-refractivity contribution in [2.75, 3.05) is 12.3 Å². The van der Waals surface area contributed by atoms with Gasteiger partial charge in [0, 0.05) is 35.7 Å². The quantitative estimate of drug-likeness (QED) is 0.497.